The third-order valence-electron chi connectivity index (χ3n) is 9.08. The summed E-state index contributed by atoms with van der Waals surface area (Å²) in [7, 11) is 0. The van der Waals surface area contributed by atoms with Crippen LogP contribution in [0.5, 0.6) is 0 Å². The lowest BCUT2D eigenvalue weighted by Gasteiger charge is -2.51. The van der Waals surface area contributed by atoms with Crippen molar-refractivity contribution in [1.29, 1.82) is 0 Å². The van der Waals surface area contributed by atoms with Crippen LogP contribution in [0.3, 0.4) is 0 Å². The molecule has 0 saturated heterocycles. The number of ether oxygens (including phenoxy) is 1. The molecule has 0 aromatic carbocycles. The zero-order valence-electron chi connectivity index (χ0n) is 19.0. The van der Waals surface area contributed by atoms with Crippen LogP contribution in [0.15, 0.2) is 23.5 Å². The number of carbonyl (C=O) groups excluding carboxylic acids is 1. The molecule has 0 aromatic heterocycles. The van der Waals surface area contributed by atoms with Gasteiger partial charge in [0.2, 0.25) is 0 Å². The molecule has 29 heavy (non-hydrogen) atoms. The average molecular weight is 401 g/mol. The Hall–Kier alpha value is -1.09. The van der Waals surface area contributed by atoms with Crippen LogP contribution in [0.1, 0.15) is 86.0 Å². The molecule has 0 radical (unpaired) electrons. The zero-order valence-corrected chi connectivity index (χ0v) is 19.0. The van der Waals surface area contributed by atoms with E-state index in [9.17, 15) is 9.90 Å². The van der Waals surface area contributed by atoms with E-state index in [1.807, 2.05) is 6.08 Å². The van der Waals surface area contributed by atoms with Gasteiger partial charge in [-0.25, -0.2) is 0 Å². The molecule has 0 bridgehead atoms. The monoisotopic (exact) mass is 400 g/mol. The maximum absolute atomic E-state index is 12.9. The van der Waals surface area contributed by atoms with E-state index in [0.717, 1.165) is 36.4 Å². The Bertz CT molecular complexity index is 719. The first-order valence-corrected chi connectivity index (χ1v) is 12.0. The van der Waals surface area contributed by atoms with E-state index in [0.29, 0.717) is 12.3 Å². The molecule has 1 N–H and O–H groups in total. The van der Waals surface area contributed by atoms with Gasteiger partial charge in [0.1, 0.15) is 5.76 Å². The molecule has 0 aromatic rings. The topological polar surface area (TPSA) is 46.5 Å². The Morgan fingerprint density at radius 2 is 1.93 bits per heavy atom. The molecule has 0 unspecified atom stereocenters. The van der Waals surface area contributed by atoms with Gasteiger partial charge in [-0.3, -0.25) is 4.79 Å². The van der Waals surface area contributed by atoms with Gasteiger partial charge in [0.15, 0.2) is 0 Å². The summed E-state index contributed by atoms with van der Waals surface area (Å²) in [6.07, 6.45) is 12.5. The van der Waals surface area contributed by atoms with Gasteiger partial charge in [-0.15, -0.1) is 0 Å². The second-order valence-electron chi connectivity index (χ2n) is 11.3. The highest BCUT2D eigenvalue weighted by atomic mass is 16.5. The molecule has 4 aliphatic rings. The van der Waals surface area contributed by atoms with Crippen LogP contribution in [0.25, 0.3) is 0 Å². The Morgan fingerprint density at radius 3 is 2.66 bits per heavy atom. The highest BCUT2D eigenvalue weighted by molar-refractivity contribution is 5.78. The van der Waals surface area contributed by atoms with E-state index >= 15 is 0 Å². The summed E-state index contributed by atoms with van der Waals surface area (Å²) in [4.78, 5) is 12.9. The lowest BCUT2D eigenvalue weighted by atomic mass is 9.56. The second-order valence-corrected chi connectivity index (χ2v) is 11.3. The molecule has 3 aliphatic carbocycles. The van der Waals surface area contributed by atoms with E-state index in [4.69, 9.17) is 4.74 Å². The van der Waals surface area contributed by atoms with Crippen molar-refractivity contribution in [2.75, 3.05) is 0 Å². The molecular weight excluding hydrogens is 360 g/mol. The summed E-state index contributed by atoms with van der Waals surface area (Å²) in [5.74, 6) is 3.28. The number of aliphatic hydroxyl groups is 1. The minimum Gasteiger partial charge on any atom is -0.431 e. The van der Waals surface area contributed by atoms with Crippen LogP contribution in [-0.2, 0) is 9.53 Å². The normalized spacial score (nSPS) is 42.4. The molecule has 3 heteroatoms. The molecule has 1 saturated carbocycles. The summed E-state index contributed by atoms with van der Waals surface area (Å²) < 4.78 is 6.09. The van der Waals surface area contributed by atoms with Gasteiger partial charge in [-0.1, -0.05) is 66.0 Å². The largest absolute Gasteiger partial charge is 0.431 e. The highest BCUT2D eigenvalue weighted by Crippen LogP contribution is 2.64. The van der Waals surface area contributed by atoms with E-state index < -0.39 is 6.10 Å². The van der Waals surface area contributed by atoms with Crippen LogP contribution in [0, 0.1) is 40.4 Å². The van der Waals surface area contributed by atoms with Gasteiger partial charge in [0.25, 0.3) is 0 Å². The fourth-order valence-electron chi connectivity index (χ4n) is 7.26. The van der Waals surface area contributed by atoms with E-state index in [1.54, 1.807) is 0 Å². The van der Waals surface area contributed by atoms with Gasteiger partial charge >= 0.3 is 5.97 Å². The lowest BCUT2D eigenvalue weighted by molar-refractivity contribution is -0.154. The Morgan fingerprint density at radius 1 is 1.17 bits per heavy atom. The van der Waals surface area contributed by atoms with Crippen LogP contribution < -0.4 is 0 Å². The van der Waals surface area contributed by atoms with Crippen molar-refractivity contribution in [3.8, 4) is 0 Å². The number of aliphatic hydroxyl groups excluding tert-OH is 1. The lowest BCUT2D eigenvalue weighted by Crippen LogP contribution is -2.48. The SMILES string of the molecule is CC(C)CCC[C@@H](C)[C@H]1CC[C@H]2C3=C(CC[C@]12C)[C@@]1(C)C=C[C@@H](O)C[C@@H]1C(=O)O3. The summed E-state index contributed by atoms with van der Waals surface area (Å²) in [6.45, 7) is 11.8. The third-order valence-corrected chi connectivity index (χ3v) is 9.08. The summed E-state index contributed by atoms with van der Waals surface area (Å²) in [5, 5.41) is 10.1. The van der Waals surface area contributed by atoms with Crippen molar-refractivity contribution in [3.05, 3.63) is 23.5 Å². The number of hydrogen-bond acceptors (Lipinski definition) is 3. The number of esters is 1. The minimum absolute atomic E-state index is 0.118. The molecular formula is C26H40O3. The number of allylic oxidation sites excluding steroid dienone is 3. The number of fused-ring (bicyclic) bond motifs is 4. The van der Waals surface area contributed by atoms with Crippen molar-refractivity contribution in [3.63, 3.8) is 0 Å². The standard InChI is InChI=1S/C26H40O3/c1-16(2)7-6-8-17(3)19-9-10-20-23-21(12-14-25(19,20)4)26(5)13-11-18(27)15-22(26)24(28)29-23/h11,13,16-20,22,27H,6-10,12,14-15H2,1-5H3/t17-,18-,19-,20+,22-,25-,26-/m1/s1. The molecule has 162 valence electrons. The second kappa shape index (κ2) is 7.55. The molecule has 0 spiro atoms. The van der Waals surface area contributed by atoms with Crippen molar-refractivity contribution in [1.82, 2.24) is 0 Å². The third kappa shape index (κ3) is 3.42. The molecule has 7 atom stereocenters. The first-order valence-electron chi connectivity index (χ1n) is 12.0. The average Bonchev–Trinajstić information content (AvgIpc) is 3.00. The zero-order chi connectivity index (χ0) is 21.0. The van der Waals surface area contributed by atoms with Crippen molar-refractivity contribution < 1.29 is 14.6 Å². The van der Waals surface area contributed by atoms with Crippen molar-refractivity contribution in [2.24, 2.45) is 40.4 Å². The molecule has 1 fully saturated rings. The molecule has 3 nitrogen and oxygen atoms in total. The fraction of sp³-hybridized carbons (Fsp3) is 0.808. The Labute approximate surface area is 177 Å². The highest BCUT2D eigenvalue weighted by Gasteiger charge is 2.58. The maximum Gasteiger partial charge on any atom is 0.315 e. The van der Waals surface area contributed by atoms with Crippen LogP contribution in [0.4, 0.5) is 0 Å². The van der Waals surface area contributed by atoms with E-state index in [-0.39, 0.29) is 22.7 Å². The smallest absolute Gasteiger partial charge is 0.315 e. The summed E-state index contributed by atoms with van der Waals surface area (Å²) in [5.41, 5.74) is 1.32. The van der Waals surface area contributed by atoms with Crippen LogP contribution in [-0.4, -0.2) is 17.2 Å². The first-order chi connectivity index (χ1) is 13.7. The van der Waals surface area contributed by atoms with Gasteiger partial charge in [0.05, 0.1) is 12.0 Å². The minimum atomic E-state index is -0.529. The van der Waals surface area contributed by atoms with Gasteiger partial charge in [-0.05, 0) is 60.8 Å². The fourth-order valence-corrected chi connectivity index (χ4v) is 7.26. The number of hydrogen-bond donors (Lipinski definition) is 1. The number of carbonyl (C=O) groups is 1. The summed E-state index contributed by atoms with van der Waals surface area (Å²) >= 11 is 0. The maximum atomic E-state index is 12.9. The quantitative estimate of drug-likeness (QED) is 0.453. The van der Waals surface area contributed by atoms with Gasteiger partial charge in [0, 0.05) is 11.3 Å². The van der Waals surface area contributed by atoms with Crippen LogP contribution >= 0.6 is 0 Å². The van der Waals surface area contributed by atoms with E-state index in [2.05, 4.69) is 40.7 Å². The molecule has 1 aliphatic heterocycles. The first kappa shape index (κ1) is 21.2. The predicted molar refractivity (Wildman–Crippen MR) is 116 cm³/mol. The van der Waals surface area contributed by atoms with Crippen LogP contribution in [0.2, 0.25) is 0 Å². The molecule has 4 rings (SSSR count). The van der Waals surface area contributed by atoms with Crippen molar-refractivity contribution in [2.45, 2.75) is 92.1 Å². The summed E-state index contributed by atoms with van der Waals surface area (Å²) in [6, 6.07) is 0. The van der Waals surface area contributed by atoms with Crippen molar-refractivity contribution >= 4 is 5.97 Å². The molecule has 0 amide bonds. The van der Waals surface area contributed by atoms with Gasteiger partial charge < -0.3 is 9.84 Å². The number of rotatable bonds is 5. The Balaban J connectivity index is 1.59. The van der Waals surface area contributed by atoms with E-state index in [1.165, 1.54) is 37.7 Å². The Kier molecular flexibility index (Phi) is 5.51. The van der Waals surface area contributed by atoms with Gasteiger partial charge in [-0.2, -0.15) is 0 Å². The predicted octanol–water partition coefficient (Wildman–Crippen LogP) is 6.03. The molecule has 1 heterocycles.